The minimum Gasteiger partial charge on any atom is -0.481 e. The molecule has 0 atom stereocenters. The van der Waals surface area contributed by atoms with Crippen molar-refractivity contribution in [2.75, 3.05) is 20.8 Å². The molecule has 0 spiro atoms. The van der Waals surface area contributed by atoms with E-state index >= 15 is 0 Å². The molecular weight excluding hydrogens is 207 g/mol. The van der Waals surface area contributed by atoms with Crippen molar-refractivity contribution in [3.8, 4) is 5.88 Å². The largest absolute Gasteiger partial charge is 0.481 e. The van der Waals surface area contributed by atoms with E-state index in [1.165, 1.54) is 18.4 Å². The van der Waals surface area contributed by atoms with Gasteiger partial charge in [-0.25, -0.2) is 10.0 Å². The van der Waals surface area contributed by atoms with Crippen LogP contribution in [0.15, 0.2) is 18.3 Å². The number of nitrogens with zero attached hydrogens (tertiary/aromatic N) is 2. The van der Waals surface area contributed by atoms with Gasteiger partial charge in [0.1, 0.15) is 7.85 Å². The van der Waals surface area contributed by atoms with E-state index in [-0.39, 0.29) is 5.91 Å². The van der Waals surface area contributed by atoms with E-state index in [0.717, 1.165) is 6.32 Å². The highest BCUT2D eigenvalue weighted by Crippen LogP contribution is 2.08. The second-order valence-corrected chi connectivity index (χ2v) is 3.23. The summed E-state index contributed by atoms with van der Waals surface area (Å²) in [4.78, 5) is 20.9. The Morgan fingerprint density at radius 2 is 2.31 bits per heavy atom. The lowest BCUT2D eigenvalue weighted by Gasteiger charge is -2.16. The molecule has 1 rings (SSSR count). The highest BCUT2D eigenvalue weighted by atomic mass is 16.7. The first-order chi connectivity index (χ1) is 7.69. The first-order valence-corrected chi connectivity index (χ1v) is 5.10. The number of hydrogen-bond acceptors (Lipinski definition) is 4. The minimum absolute atomic E-state index is 0.219. The van der Waals surface area contributed by atoms with E-state index in [9.17, 15) is 4.79 Å². The summed E-state index contributed by atoms with van der Waals surface area (Å²) < 4.78 is 4.91. The van der Waals surface area contributed by atoms with Crippen molar-refractivity contribution in [1.29, 1.82) is 0 Å². The van der Waals surface area contributed by atoms with E-state index < -0.39 is 0 Å². The Balaban J connectivity index is 2.64. The van der Waals surface area contributed by atoms with Gasteiger partial charge >= 0.3 is 0 Å². The Morgan fingerprint density at radius 3 is 2.81 bits per heavy atom. The summed E-state index contributed by atoms with van der Waals surface area (Å²) in [5, 5.41) is 1.22. The Labute approximate surface area is 95.7 Å². The van der Waals surface area contributed by atoms with Crippen molar-refractivity contribution >= 4 is 13.8 Å². The van der Waals surface area contributed by atoms with Crippen molar-refractivity contribution < 1.29 is 14.4 Å². The standard InChI is InChI=1S/C10H15BN2O3/c1-13(16-6-5-11)10(14)8-3-4-9(15-2)12-7-8/h3-4,7H,5-6,11H2,1-2H3. The first-order valence-electron chi connectivity index (χ1n) is 5.10. The molecule has 0 unspecified atom stereocenters. The third kappa shape index (κ3) is 3.24. The second kappa shape index (κ2) is 6.12. The quantitative estimate of drug-likeness (QED) is 0.525. The molecule has 5 nitrogen and oxygen atoms in total. The molecule has 0 saturated carbocycles. The number of ether oxygens (including phenoxy) is 1. The summed E-state index contributed by atoms with van der Waals surface area (Å²) in [7, 11) is 5.09. The SMILES string of the molecule is BCCON(C)C(=O)c1ccc(OC)nc1. The summed E-state index contributed by atoms with van der Waals surface area (Å²) in [6.45, 7) is 0.520. The fourth-order valence-corrected chi connectivity index (χ4v) is 1.10. The molecule has 1 aromatic rings. The number of hydroxylamine groups is 2. The molecule has 6 heteroatoms. The highest BCUT2D eigenvalue weighted by Gasteiger charge is 2.12. The van der Waals surface area contributed by atoms with E-state index in [1.807, 2.05) is 7.85 Å². The molecule has 0 saturated heterocycles. The number of aromatic nitrogens is 1. The van der Waals surface area contributed by atoms with Gasteiger partial charge in [-0.1, -0.05) is 6.32 Å². The average molecular weight is 222 g/mol. The van der Waals surface area contributed by atoms with Crippen LogP contribution in [0.4, 0.5) is 0 Å². The fourth-order valence-electron chi connectivity index (χ4n) is 1.10. The van der Waals surface area contributed by atoms with Gasteiger partial charge in [-0.3, -0.25) is 9.63 Å². The number of carbonyl (C=O) groups is 1. The van der Waals surface area contributed by atoms with E-state index in [2.05, 4.69) is 4.98 Å². The van der Waals surface area contributed by atoms with Gasteiger partial charge in [-0.2, -0.15) is 0 Å². The number of amides is 1. The van der Waals surface area contributed by atoms with Crippen molar-refractivity contribution in [3.63, 3.8) is 0 Å². The van der Waals surface area contributed by atoms with Crippen LogP contribution in [0, 0.1) is 0 Å². The molecule has 1 amide bonds. The average Bonchev–Trinajstić information content (AvgIpc) is 2.35. The van der Waals surface area contributed by atoms with Crippen LogP contribution in [0.3, 0.4) is 0 Å². The predicted molar refractivity (Wildman–Crippen MR) is 62.2 cm³/mol. The molecule has 0 bridgehead atoms. The van der Waals surface area contributed by atoms with Gasteiger partial charge in [-0.05, 0) is 6.07 Å². The third-order valence-corrected chi connectivity index (χ3v) is 1.97. The summed E-state index contributed by atoms with van der Waals surface area (Å²) in [6, 6.07) is 3.29. The van der Waals surface area contributed by atoms with Gasteiger partial charge < -0.3 is 4.74 Å². The van der Waals surface area contributed by atoms with Crippen LogP contribution in [0.5, 0.6) is 5.88 Å². The molecule has 1 aromatic heterocycles. The van der Waals surface area contributed by atoms with Gasteiger partial charge in [0.05, 0.1) is 19.3 Å². The zero-order chi connectivity index (χ0) is 12.0. The molecule has 0 N–H and O–H groups in total. The minimum atomic E-state index is -0.219. The lowest BCUT2D eigenvalue weighted by molar-refractivity contribution is -0.0998. The van der Waals surface area contributed by atoms with Crippen LogP contribution < -0.4 is 4.74 Å². The topological polar surface area (TPSA) is 51.7 Å². The van der Waals surface area contributed by atoms with Crippen LogP contribution >= 0.6 is 0 Å². The van der Waals surface area contributed by atoms with Crippen molar-refractivity contribution in [1.82, 2.24) is 10.0 Å². The summed E-state index contributed by atoms with van der Waals surface area (Å²) in [5.41, 5.74) is 0.472. The number of pyridine rings is 1. The van der Waals surface area contributed by atoms with Gasteiger partial charge in [0, 0.05) is 19.3 Å². The number of rotatable bonds is 5. The fraction of sp³-hybridized carbons (Fsp3) is 0.400. The number of carbonyl (C=O) groups excluding carboxylic acids is 1. The molecule has 0 fully saturated rings. The van der Waals surface area contributed by atoms with E-state index in [1.54, 1.807) is 19.2 Å². The van der Waals surface area contributed by atoms with Crippen LogP contribution in [0.2, 0.25) is 6.32 Å². The Morgan fingerprint density at radius 1 is 1.56 bits per heavy atom. The highest BCUT2D eigenvalue weighted by molar-refractivity contribution is 6.08. The second-order valence-electron chi connectivity index (χ2n) is 3.23. The molecule has 0 aliphatic carbocycles. The Kier molecular flexibility index (Phi) is 4.79. The third-order valence-electron chi connectivity index (χ3n) is 1.97. The molecule has 0 radical (unpaired) electrons. The lowest BCUT2D eigenvalue weighted by Crippen LogP contribution is -2.27. The number of hydrogen-bond donors (Lipinski definition) is 0. The summed E-state index contributed by atoms with van der Waals surface area (Å²) in [6.07, 6.45) is 2.32. The van der Waals surface area contributed by atoms with Crippen LogP contribution in [-0.4, -0.2) is 44.6 Å². The summed E-state index contributed by atoms with van der Waals surface area (Å²) >= 11 is 0. The lowest BCUT2D eigenvalue weighted by atomic mass is 10.1. The van der Waals surface area contributed by atoms with Crippen molar-refractivity contribution in [3.05, 3.63) is 23.9 Å². The zero-order valence-corrected chi connectivity index (χ0v) is 9.77. The maximum absolute atomic E-state index is 11.8. The molecule has 16 heavy (non-hydrogen) atoms. The maximum atomic E-state index is 11.8. The Hall–Kier alpha value is -1.56. The predicted octanol–water partition coefficient (Wildman–Crippen LogP) is 0.145. The zero-order valence-electron chi connectivity index (χ0n) is 9.77. The van der Waals surface area contributed by atoms with Gasteiger partial charge in [0.2, 0.25) is 5.88 Å². The van der Waals surface area contributed by atoms with Crippen molar-refractivity contribution in [2.24, 2.45) is 0 Å². The smallest absolute Gasteiger partial charge is 0.278 e. The normalized spacial score (nSPS) is 9.88. The van der Waals surface area contributed by atoms with Gasteiger partial charge in [0.25, 0.3) is 5.91 Å². The molecule has 86 valence electrons. The summed E-state index contributed by atoms with van der Waals surface area (Å²) in [5.74, 6) is 0.261. The number of methoxy groups -OCH3 is 1. The first kappa shape index (κ1) is 12.5. The molecule has 0 aliphatic rings. The van der Waals surface area contributed by atoms with Crippen LogP contribution in [-0.2, 0) is 4.84 Å². The van der Waals surface area contributed by atoms with Crippen molar-refractivity contribution in [2.45, 2.75) is 6.32 Å². The maximum Gasteiger partial charge on any atom is 0.278 e. The van der Waals surface area contributed by atoms with Crippen LogP contribution in [0.1, 0.15) is 10.4 Å². The van der Waals surface area contributed by atoms with E-state index in [0.29, 0.717) is 18.1 Å². The molecular formula is C10H15BN2O3. The monoisotopic (exact) mass is 222 g/mol. The van der Waals surface area contributed by atoms with Crippen LogP contribution in [0.25, 0.3) is 0 Å². The molecule has 1 heterocycles. The van der Waals surface area contributed by atoms with Gasteiger partial charge in [-0.15, -0.1) is 0 Å². The molecule has 0 aromatic carbocycles. The Bertz CT molecular complexity index is 342. The molecule has 0 aliphatic heterocycles. The van der Waals surface area contributed by atoms with E-state index in [4.69, 9.17) is 9.57 Å². The van der Waals surface area contributed by atoms with Gasteiger partial charge in [0.15, 0.2) is 0 Å².